The van der Waals surface area contributed by atoms with Crippen LogP contribution in [0.3, 0.4) is 0 Å². The van der Waals surface area contributed by atoms with E-state index < -0.39 is 16.0 Å². The van der Waals surface area contributed by atoms with Crippen molar-refractivity contribution in [2.45, 2.75) is 26.4 Å². The highest BCUT2D eigenvalue weighted by Gasteiger charge is 2.10. The van der Waals surface area contributed by atoms with Crippen LogP contribution in [0, 0.1) is 0 Å². The number of hydrogen-bond donors (Lipinski definition) is 0. The number of hydrogen-bond acceptors (Lipinski definition) is 5. The van der Waals surface area contributed by atoms with Crippen LogP contribution in [0.25, 0.3) is 0 Å². The number of sulfone groups is 1. The van der Waals surface area contributed by atoms with E-state index in [2.05, 4.69) is 4.74 Å². The molecule has 0 aromatic heterocycles. The summed E-state index contributed by atoms with van der Waals surface area (Å²) in [6, 6.07) is 0. The molecular weight excluding hydrogens is 208 g/mol. The first-order valence-corrected chi connectivity index (χ1v) is 6.42. The third-order valence-corrected chi connectivity index (χ3v) is 2.45. The minimum atomic E-state index is -3.09. The maximum absolute atomic E-state index is 10.9. The fourth-order valence-electron chi connectivity index (χ4n) is 0.558. The Hall–Kier alpha value is -0.780. The van der Waals surface area contributed by atoms with Gasteiger partial charge in [0, 0.05) is 6.26 Å². The van der Waals surface area contributed by atoms with Crippen LogP contribution in [0.1, 0.15) is 20.3 Å². The highest BCUT2D eigenvalue weighted by Crippen LogP contribution is 1.98. The van der Waals surface area contributed by atoms with Crippen molar-refractivity contribution in [1.82, 2.24) is 0 Å². The van der Waals surface area contributed by atoms with Crippen molar-refractivity contribution < 1.29 is 22.7 Å². The Morgan fingerprint density at radius 3 is 2.43 bits per heavy atom. The summed E-state index contributed by atoms with van der Waals surface area (Å²) in [6.45, 7) is 3.44. The van der Waals surface area contributed by atoms with E-state index in [0.29, 0.717) is 6.42 Å². The molecule has 0 saturated heterocycles. The maximum Gasteiger partial charge on any atom is 0.508 e. The maximum atomic E-state index is 10.9. The molecule has 5 nitrogen and oxygen atoms in total. The van der Waals surface area contributed by atoms with Crippen LogP contribution >= 0.6 is 0 Å². The van der Waals surface area contributed by atoms with Gasteiger partial charge in [0.1, 0.15) is 12.7 Å². The van der Waals surface area contributed by atoms with Crippen molar-refractivity contribution in [3.63, 3.8) is 0 Å². The second kappa shape index (κ2) is 5.85. The minimum absolute atomic E-state index is 0.159. The Morgan fingerprint density at radius 2 is 2.00 bits per heavy atom. The van der Waals surface area contributed by atoms with Crippen molar-refractivity contribution >= 4 is 16.0 Å². The Bertz CT molecular complexity index is 269. The van der Waals surface area contributed by atoms with E-state index in [1.807, 2.05) is 6.92 Å². The zero-order chi connectivity index (χ0) is 11.2. The first-order chi connectivity index (χ1) is 6.35. The predicted octanol–water partition coefficient (Wildman–Crippen LogP) is 0.983. The van der Waals surface area contributed by atoms with Gasteiger partial charge in [-0.05, 0) is 13.3 Å². The summed E-state index contributed by atoms with van der Waals surface area (Å²) in [6.07, 6.45) is 0.751. The van der Waals surface area contributed by atoms with Gasteiger partial charge in [-0.2, -0.15) is 0 Å². The molecule has 0 bridgehead atoms. The smallest absolute Gasteiger partial charge is 0.433 e. The lowest BCUT2D eigenvalue weighted by Gasteiger charge is -2.10. The van der Waals surface area contributed by atoms with E-state index in [9.17, 15) is 13.2 Å². The molecule has 0 radical (unpaired) electrons. The molecule has 1 unspecified atom stereocenters. The molecule has 0 spiro atoms. The molecule has 1 atom stereocenters. The van der Waals surface area contributed by atoms with E-state index in [4.69, 9.17) is 4.74 Å². The summed E-state index contributed by atoms with van der Waals surface area (Å²) in [5.74, 6) is -0.178. The zero-order valence-electron chi connectivity index (χ0n) is 8.65. The van der Waals surface area contributed by atoms with Crippen molar-refractivity contribution in [3.05, 3.63) is 0 Å². The van der Waals surface area contributed by atoms with Gasteiger partial charge in [0.25, 0.3) is 0 Å². The van der Waals surface area contributed by atoms with Crippen molar-refractivity contribution in [1.29, 1.82) is 0 Å². The van der Waals surface area contributed by atoms with Gasteiger partial charge in [0.05, 0.1) is 5.75 Å². The van der Waals surface area contributed by atoms with Gasteiger partial charge in [-0.15, -0.1) is 0 Å². The molecule has 0 fully saturated rings. The molecule has 0 rings (SSSR count). The molecule has 0 heterocycles. The summed E-state index contributed by atoms with van der Waals surface area (Å²) < 4.78 is 30.6. The van der Waals surface area contributed by atoms with Gasteiger partial charge >= 0.3 is 6.16 Å². The highest BCUT2D eigenvalue weighted by atomic mass is 32.2. The molecule has 0 aliphatic rings. The Labute approximate surface area is 84.3 Å². The molecule has 0 saturated carbocycles. The van der Waals surface area contributed by atoms with Crippen LogP contribution < -0.4 is 0 Å². The third kappa shape index (κ3) is 7.85. The normalized spacial score (nSPS) is 13.4. The third-order valence-electron chi connectivity index (χ3n) is 1.55. The van der Waals surface area contributed by atoms with Crippen molar-refractivity contribution in [3.8, 4) is 0 Å². The van der Waals surface area contributed by atoms with Gasteiger partial charge in [0.2, 0.25) is 0 Å². The van der Waals surface area contributed by atoms with Crippen LogP contribution in [0.2, 0.25) is 0 Å². The molecule has 0 aromatic rings. The van der Waals surface area contributed by atoms with E-state index in [1.54, 1.807) is 6.92 Å². The number of carbonyl (C=O) groups excluding carboxylic acids is 1. The lowest BCUT2D eigenvalue weighted by molar-refractivity contribution is 0.0316. The van der Waals surface area contributed by atoms with Crippen LogP contribution in [0.4, 0.5) is 4.79 Å². The van der Waals surface area contributed by atoms with Crippen LogP contribution in [-0.4, -0.2) is 39.3 Å². The number of rotatable bonds is 5. The summed E-state index contributed by atoms with van der Waals surface area (Å²) >= 11 is 0. The Balaban J connectivity index is 3.65. The van der Waals surface area contributed by atoms with Crippen LogP contribution in [-0.2, 0) is 19.3 Å². The molecule has 0 aliphatic heterocycles. The monoisotopic (exact) mass is 224 g/mol. The predicted molar refractivity (Wildman–Crippen MR) is 51.9 cm³/mol. The summed E-state index contributed by atoms with van der Waals surface area (Å²) in [4.78, 5) is 10.9. The molecule has 0 N–H and O–H groups in total. The summed E-state index contributed by atoms with van der Waals surface area (Å²) in [5.41, 5.74) is 0. The highest BCUT2D eigenvalue weighted by molar-refractivity contribution is 7.90. The Morgan fingerprint density at radius 1 is 1.43 bits per heavy atom. The first kappa shape index (κ1) is 13.2. The standard InChI is InChI=1S/C8H16O5S/c1-4-7(2)13-8(9)12-5-6-14(3,10)11/h7H,4-6H2,1-3H3. The molecular formula is C8H16O5S. The van der Waals surface area contributed by atoms with Gasteiger partial charge in [0.15, 0.2) is 9.84 Å². The van der Waals surface area contributed by atoms with Gasteiger partial charge in [-0.25, -0.2) is 13.2 Å². The Kier molecular flexibility index (Phi) is 5.52. The van der Waals surface area contributed by atoms with Crippen LogP contribution in [0.5, 0.6) is 0 Å². The largest absolute Gasteiger partial charge is 0.508 e. The molecule has 0 aromatic carbocycles. The molecule has 84 valence electrons. The van der Waals surface area contributed by atoms with Crippen LogP contribution in [0.15, 0.2) is 0 Å². The average molecular weight is 224 g/mol. The SMILES string of the molecule is CCC(C)OC(=O)OCCS(C)(=O)=O. The quantitative estimate of drug-likeness (QED) is 0.651. The van der Waals surface area contributed by atoms with Gasteiger partial charge in [-0.3, -0.25) is 0 Å². The number of carbonyl (C=O) groups is 1. The van der Waals surface area contributed by atoms with E-state index in [0.717, 1.165) is 6.26 Å². The van der Waals surface area contributed by atoms with Crippen molar-refractivity contribution in [2.75, 3.05) is 18.6 Å². The summed E-state index contributed by atoms with van der Waals surface area (Å²) in [7, 11) is -3.09. The topological polar surface area (TPSA) is 69.7 Å². The molecule has 6 heteroatoms. The fraction of sp³-hybridized carbons (Fsp3) is 0.875. The van der Waals surface area contributed by atoms with E-state index in [-0.39, 0.29) is 18.5 Å². The molecule has 14 heavy (non-hydrogen) atoms. The second-order valence-electron chi connectivity index (χ2n) is 3.07. The molecule has 0 amide bonds. The van der Waals surface area contributed by atoms with E-state index >= 15 is 0 Å². The lowest BCUT2D eigenvalue weighted by Crippen LogP contribution is -2.18. The minimum Gasteiger partial charge on any atom is -0.433 e. The zero-order valence-corrected chi connectivity index (χ0v) is 9.46. The van der Waals surface area contributed by atoms with Gasteiger partial charge < -0.3 is 9.47 Å². The molecule has 0 aliphatic carbocycles. The average Bonchev–Trinajstić information content (AvgIpc) is 2.01. The second-order valence-corrected chi connectivity index (χ2v) is 5.32. The fourth-order valence-corrected chi connectivity index (χ4v) is 0.944. The van der Waals surface area contributed by atoms with Gasteiger partial charge in [-0.1, -0.05) is 6.92 Å². The first-order valence-electron chi connectivity index (χ1n) is 4.36. The lowest BCUT2D eigenvalue weighted by atomic mass is 10.3. The van der Waals surface area contributed by atoms with E-state index in [1.165, 1.54) is 0 Å². The number of ether oxygens (including phenoxy) is 2. The van der Waals surface area contributed by atoms with Crippen molar-refractivity contribution in [2.24, 2.45) is 0 Å². The summed E-state index contributed by atoms with van der Waals surface area (Å²) in [5, 5.41) is 0.